The molecule has 1 aromatic rings. The molecule has 4 nitrogen and oxygen atoms in total. The van der Waals surface area contributed by atoms with Gasteiger partial charge in [0.15, 0.2) is 0 Å². The molecule has 0 aliphatic carbocycles. The Morgan fingerprint density at radius 2 is 1.83 bits per heavy atom. The Morgan fingerprint density at radius 1 is 1.11 bits per heavy atom. The minimum Gasteiger partial charge on any atom is -0.432 e. The third-order valence-corrected chi connectivity index (χ3v) is 2.31. The standard InChI is InChI=1S/C14H20O4/c1-3-4-9-16-10-11-17-14(15)18-13-7-5-12(2)6-8-13/h5-8H,3-4,9-11H2,1-2H3. The Morgan fingerprint density at radius 3 is 2.50 bits per heavy atom. The van der Waals surface area contributed by atoms with Crippen LogP contribution < -0.4 is 4.74 Å². The van der Waals surface area contributed by atoms with Crippen molar-refractivity contribution in [1.82, 2.24) is 0 Å². The highest BCUT2D eigenvalue weighted by Gasteiger charge is 2.05. The maximum absolute atomic E-state index is 11.3. The fourth-order valence-electron chi connectivity index (χ4n) is 1.26. The zero-order chi connectivity index (χ0) is 13.2. The largest absolute Gasteiger partial charge is 0.513 e. The molecule has 0 aliphatic rings. The summed E-state index contributed by atoms with van der Waals surface area (Å²) in [5, 5.41) is 0. The van der Waals surface area contributed by atoms with E-state index >= 15 is 0 Å². The van der Waals surface area contributed by atoms with Crippen molar-refractivity contribution >= 4 is 6.16 Å². The SMILES string of the molecule is CCCCOCCOC(=O)Oc1ccc(C)cc1. The molecule has 0 aliphatic heterocycles. The highest BCUT2D eigenvalue weighted by Crippen LogP contribution is 2.11. The van der Waals surface area contributed by atoms with Gasteiger partial charge >= 0.3 is 6.16 Å². The smallest absolute Gasteiger partial charge is 0.432 e. The maximum Gasteiger partial charge on any atom is 0.513 e. The van der Waals surface area contributed by atoms with E-state index in [1.165, 1.54) is 0 Å². The predicted octanol–water partition coefficient (Wildman–Crippen LogP) is 3.33. The number of carbonyl (C=O) groups excluding carboxylic acids is 1. The molecular weight excluding hydrogens is 232 g/mol. The lowest BCUT2D eigenvalue weighted by atomic mass is 10.2. The second kappa shape index (κ2) is 8.53. The van der Waals surface area contributed by atoms with Crippen molar-refractivity contribution in [1.29, 1.82) is 0 Å². The topological polar surface area (TPSA) is 44.8 Å². The van der Waals surface area contributed by atoms with Crippen molar-refractivity contribution < 1.29 is 19.0 Å². The van der Waals surface area contributed by atoms with Crippen LogP contribution in [0.15, 0.2) is 24.3 Å². The number of unbranched alkanes of at least 4 members (excludes halogenated alkanes) is 1. The predicted molar refractivity (Wildman–Crippen MR) is 68.9 cm³/mol. The van der Waals surface area contributed by atoms with Gasteiger partial charge in [-0.05, 0) is 25.5 Å². The lowest BCUT2D eigenvalue weighted by Crippen LogP contribution is -2.14. The third kappa shape index (κ3) is 6.25. The number of rotatable bonds is 7. The van der Waals surface area contributed by atoms with E-state index in [1.807, 2.05) is 19.1 Å². The van der Waals surface area contributed by atoms with Crippen LogP contribution in [-0.4, -0.2) is 26.0 Å². The molecule has 0 aromatic heterocycles. The normalized spacial score (nSPS) is 10.1. The molecule has 0 spiro atoms. The van der Waals surface area contributed by atoms with Crippen molar-refractivity contribution in [3.63, 3.8) is 0 Å². The van der Waals surface area contributed by atoms with E-state index in [-0.39, 0.29) is 6.61 Å². The highest BCUT2D eigenvalue weighted by atomic mass is 16.7. The van der Waals surface area contributed by atoms with Crippen molar-refractivity contribution in [3.05, 3.63) is 29.8 Å². The summed E-state index contributed by atoms with van der Waals surface area (Å²) in [5.41, 5.74) is 1.11. The van der Waals surface area contributed by atoms with Gasteiger partial charge in [-0.3, -0.25) is 0 Å². The van der Waals surface area contributed by atoms with E-state index < -0.39 is 6.16 Å². The van der Waals surface area contributed by atoms with Crippen LogP contribution in [0.5, 0.6) is 5.75 Å². The van der Waals surface area contributed by atoms with Crippen LogP contribution in [0, 0.1) is 6.92 Å². The van der Waals surface area contributed by atoms with Crippen molar-refractivity contribution in [2.24, 2.45) is 0 Å². The van der Waals surface area contributed by atoms with Crippen molar-refractivity contribution in [3.8, 4) is 5.75 Å². The molecule has 18 heavy (non-hydrogen) atoms. The van der Waals surface area contributed by atoms with E-state index in [9.17, 15) is 4.79 Å². The molecule has 1 aromatic carbocycles. The Balaban J connectivity index is 2.12. The molecule has 0 saturated carbocycles. The molecular formula is C14H20O4. The minimum atomic E-state index is -0.696. The highest BCUT2D eigenvalue weighted by molar-refractivity contribution is 5.63. The van der Waals surface area contributed by atoms with Crippen molar-refractivity contribution in [2.45, 2.75) is 26.7 Å². The molecule has 0 amide bonds. The van der Waals surface area contributed by atoms with Gasteiger partial charge in [-0.25, -0.2) is 4.79 Å². The van der Waals surface area contributed by atoms with Crippen LogP contribution in [0.25, 0.3) is 0 Å². The maximum atomic E-state index is 11.3. The van der Waals surface area contributed by atoms with Crippen LogP contribution in [0.3, 0.4) is 0 Å². The molecule has 0 heterocycles. The van der Waals surface area contributed by atoms with Crippen LogP contribution in [-0.2, 0) is 9.47 Å². The summed E-state index contributed by atoms with van der Waals surface area (Å²) >= 11 is 0. The molecule has 0 saturated heterocycles. The van der Waals surface area contributed by atoms with Gasteiger partial charge in [0, 0.05) is 6.61 Å². The Bertz CT molecular complexity index is 345. The number of ether oxygens (including phenoxy) is 3. The van der Waals surface area contributed by atoms with Crippen molar-refractivity contribution in [2.75, 3.05) is 19.8 Å². The number of carbonyl (C=O) groups is 1. The number of hydrogen-bond donors (Lipinski definition) is 0. The van der Waals surface area contributed by atoms with Gasteiger partial charge in [-0.2, -0.15) is 0 Å². The van der Waals surface area contributed by atoms with Crippen LogP contribution in [0.2, 0.25) is 0 Å². The summed E-state index contributed by atoms with van der Waals surface area (Å²) < 4.78 is 15.1. The zero-order valence-corrected chi connectivity index (χ0v) is 11.0. The van der Waals surface area contributed by atoms with Crippen LogP contribution >= 0.6 is 0 Å². The summed E-state index contributed by atoms with van der Waals surface area (Å²) in [7, 11) is 0. The summed E-state index contributed by atoms with van der Waals surface area (Å²) in [6, 6.07) is 7.20. The first-order valence-corrected chi connectivity index (χ1v) is 6.21. The Kier molecular flexibility index (Phi) is 6.87. The number of benzene rings is 1. The molecule has 0 N–H and O–H groups in total. The lowest BCUT2D eigenvalue weighted by Gasteiger charge is -2.06. The van der Waals surface area contributed by atoms with Gasteiger partial charge in [-0.15, -0.1) is 0 Å². The van der Waals surface area contributed by atoms with Gasteiger partial charge in [0.05, 0.1) is 6.61 Å². The summed E-state index contributed by atoms with van der Waals surface area (Å²) in [5.74, 6) is 0.484. The van der Waals surface area contributed by atoms with E-state index in [0.717, 1.165) is 18.4 Å². The van der Waals surface area contributed by atoms with E-state index in [0.29, 0.717) is 19.0 Å². The molecule has 0 fully saturated rings. The number of aryl methyl sites for hydroxylation is 1. The molecule has 0 radical (unpaired) electrons. The minimum absolute atomic E-state index is 0.217. The average Bonchev–Trinajstić information content (AvgIpc) is 2.36. The Labute approximate surface area is 108 Å². The molecule has 100 valence electrons. The zero-order valence-electron chi connectivity index (χ0n) is 11.0. The first kappa shape index (κ1) is 14.5. The van der Waals surface area contributed by atoms with Gasteiger partial charge in [0.1, 0.15) is 12.4 Å². The fraction of sp³-hybridized carbons (Fsp3) is 0.500. The molecule has 0 bridgehead atoms. The first-order valence-electron chi connectivity index (χ1n) is 6.21. The molecule has 0 atom stereocenters. The average molecular weight is 252 g/mol. The van der Waals surface area contributed by atoms with Gasteiger partial charge in [-0.1, -0.05) is 31.0 Å². The molecule has 4 heteroatoms. The fourth-order valence-corrected chi connectivity index (χ4v) is 1.26. The van der Waals surface area contributed by atoms with Crippen LogP contribution in [0.1, 0.15) is 25.3 Å². The second-order valence-electron chi connectivity index (χ2n) is 3.98. The molecule has 1 rings (SSSR count). The monoisotopic (exact) mass is 252 g/mol. The van der Waals surface area contributed by atoms with E-state index in [1.54, 1.807) is 12.1 Å². The second-order valence-corrected chi connectivity index (χ2v) is 3.98. The number of hydrogen-bond acceptors (Lipinski definition) is 4. The van der Waals surface area contributed by atoms with E-state index in [4.69, 9.17) is 14.2 Å². The van der Waals surface area contributed by atoms with Gasteiger partial charge in [0.2, 0.25) is 0 Å². The van der Waals surface area contributed by atoms with Gasteiger partial charge in [0.25, 0.3) is 0 Å². The first-order chi connectivity index (χ1) is 8.72. The summed E-state index contributed by atoms with van der Waals surface area (Å²) in [6.07, 6.45) is 1.42. The Hall–Kier alpha value is -1.55. The molecule has 0 unspecified atom stereocenters. The quantitative estimate of drug-likeness (QED) is 0.424. The summed E-state index contributed by atoms with van der Waals surface area (Å²) in [6.45, 7) is 5.39. The van der Waals surface area contributed by atoms with Crippen LogP contribution in [0.4, 0.5) is 4.79 Å². The van der Waals surface area contributed by atoms with E-state index in [2.05, 4.69) is 6.92 Å². The third-order valence-electron chi connectivity index (χ3n) is 2.31. The lowest BCUT2D eigenvalue weighted by molar-refractivity contribution is 0.0512. The van der Waals surface area contributed by atoms with Gasteiger partial charge < -0.3 is 14.2 Å². The summed E-state index contributed by atoms with van der Waals surface area (Å²) in [4.78, 5) is 11.3.